The van der Waals surface area contributed by atoms with Crippen molar-refractivity contribution in [1.82, 2.24) is 0 Å². The van der Waals surface area contributed by atoms with Crippen LogP contribution in [0.25, 0.3) is 0 Å². The van der Waals surface area contributed by atoms with Crippen LogP contribution >= 0.6 is 0 Å². The Morgan fingerprint density at radius 1 is 0.900 bits per heavy atom. The number of fused-ring (bicyclic) bond motifs is 1. The molecule has 0 heterocycles. The molecule has 0 aromatic heterocycles. The van der Waals surface area contributed by atoms with E-state index in [9.17, 15) is 0 Å². The predicted molar refractivity (Wildman–Crippen MR) is 42.7 cm³/mol. The summed E-state index contributed by atoms with van der Waals surface area (Å²) < 4.78 is 0. The largest absolute Gasteiger partial charge is 0.327 e. The van der Waals surface area contributed by atoms with Crippen molar-refractivity contribution >= 4 is 0 Å². The highest BCUT2D eigenvalue weighted by Crippen LogP contribution is 2.41. The first kappa shape index (κ1) is 6.66. The highest BCUT2D eigenvalue weighted by Gasteiger charge is 2.34. The molecule has 0 amide bonds. The van der Waals surface area contributed by atoms with Gasteiger partial charge < -0.3 is 5.73 Å². The molecule has 0 unspecified atom stereocenters. The number of nitrogens with two attached hydrogens (primary N) is 1. The first-order chi connectivity index (χ1) is 4.88. The molecule has 0 aliphatic heterocycles. The van der Waals surface area contributed by atoms with E-state index in [2.05, 4.69) is 0 Å². The highest BCUT2D eigenvalue weighted by atomic mass is 14.7. The molecule has 0 saturated heterocycles. The summed E-state index contributed by atoms with van der Waals surface area (Å²) in [5.74, 6) is 1.93. The van der Waals surface area contributed by atoms with E-state index in [4.69, 9.17) is 5.73 Å². The van der Waals surface area contributed by atoms with Crippen molar-refractivity contribution in [3.05, 3.63) is 0 Å². The summed E-state index contributed by atoms with van der Waals surface area (Å²) in [7, 11) is 0. The van der Waals surface area contributed by atoms with Gasteiger partial charge in [0.25, 0.3) is 0 Å². The maximum Gasteiger partial charge on any atom is 0.00699 e. The lowest BCUT2D eigenvalue weighted by molar-refractivity contribution is 0.260. The van der Waals surface area contributed by atoms with Gasteiger partial charge in [0.05, 0.1) is 0 Å². The van der Waals surface area contributed by atoms with Gasteiger partial charge in [0.15, 0.2) is 0 Å². The van der Waals surface area contributed by atoms with Gasteiger partial charge in [-0.25, -0.2) is 0 Å². The van der Waals surface area contributed by atoms with Crippen LogP contribution in [0.3, 0.4) is 0 Å². The molecule has 0 spiro atoms. The van der Waals surface area contributed by atoms with Gasteiger partial charge in [-0.05, 0) is 31.1 Å². The monoisotopic (exact) mass is 139 g/mol. The van der Waals surface area contributed by atoms with E-state index < -0.39 is 0 Å². The molecule has 2 aliphatic carbocycles. The molecule has 10 heavy (non-hydrogen) atoms. The Kier molecular flexibility index (Phi) is 1.69. The molecule has 2 fully saturated rings. The van der Waals surface area contributed by atoms with Crippen molar-refractivity contribution in [3.63, 3.8) is 0 Å². The first-order valence-electron chi connectivity index (χ1n) is 4.63. The van der Waals surface area contributed by atoms with Crippen LogP contribution in [0.5, 0.6) is 0 Å². The Labute approximate surface area is 63.0 Å². The molecule has 2 aliphatic rings. The molecule has 2 N–H and O–H groups in total. The molecular weight excluding hydrogens is 122 g/mol. The molecule has 0 aromatic rings. The van der Waals surface area contributed by atoms with Crippen LogP contribution in [0, 0.1) is 11.8 Å². The Morgan fingerprint density at radius 3 is 2.50 bits per heavy atom. The summed E-state index contributed by atoms with van der Waals surface area (Å²) in [6.07, 6.45) is 8.52. The van der Waals surface area contributed by atoms with Gasteiger partial charge in [-0.2, -0.15) is 0 Å². The van der Waals surface area contributed by atoms with E-state index in [1.165, 1.54) is 38.5 Å². The van der Waals surface area contributed by atoms with Gasteiger partial charge in [-0.1, -0.05) is 19.3 Å². The van der Waals surface area contributed by atoms with Gasteiger partial charge in [-0.3, -0.25) is 0 Å². The average molecular weight is 139 g/mol. The fourth-order valence-electron chi connectivity index (χ4n) is 2.78. The Bertz CT molecular complexity index is 120. The first-order valence-corrected chi connectivity index (χ1v) is 4.63. The van der Waals surface area contributed by atoms with E-state index in [0.29, 0.717) is 6.04 Å². The standard InChI is InChI=1S/C9H17N/c10-9-6-5-7-3-1-2-4-8(7)9/h7-9H,1-6,10H2/t7-,8-,9-/m1/s1. The van der Waals surface area contributed by atoms with Crippen LogP contribution < -0.4 is 5.73 Å². The average Bonchev–Trinajstić information content (AvgIpc) is 2.34. The van der Waals surface area contributed by atoms with Crippen molar-refractivity contribution in [3.8, 4) is 0 Å². The van der Waals surface area contributed by atoms with Crippen LogP contribution in [0.4, 0.5) is 0 Å². The van der Waals surface area contributed by atoms with Crippen LogP contribution in [-0.2, 0) is 0 Å². The summed E-state index contributed by atoms with van der Waals surface area (Å²) in [6.45, 7) is 0. The molecule has 1 nitrogen and oxygen atoms in total. The number of rotatable bonds is 0. The Balaban J connectivity index is 2.01. The maximum atomic E-state index is 5.99. The topological polar surface area (TPSA) is 26.0 Å². The van der Waals surface area contributed by atoms with Crippen molar-refractivity contribution in [1.29, 1.82) is 0 Å². The van der Waals surface area contributed by atoms with Crippen LogP contribution in [-0.4, -0.2) is 6.04 Å². The summed E-state index contributed by atoms with van der Waals surface area (Å²) in [5, 5.41) is 0. The predicted octanol–water partition coefficient (Wildman–Crippen LogP) is 1.91. The van der Waals surface area contributed by atoms with Crippen LogP contribution in [0.1, 0.15) is 38.5 Å². The van der Waals surface area contributed by atoms with Gasteiger partial charge in [-0.15, -0.1) is 0 Å². The zero-order valence-corrected chi connectivity index (χ0v) is 6.55. The zero-order valence-electron chi connectivity index (χ0n) is 6.55. The quantitative estimate of drug-likeness (QED) is 0.545. The third-order valence-corrected chi connectivity index (χ3v) is 3.39. The van der Waals surface area contributed by atoms with Gasteiger partial charge in [0.2, 0.25) is 0 Å². The Morgan fingerprint density at radius 2 is 1.70 bits per heavy atom. The fourth-order valence-corrected chi connectivity index (χ4v) is 2.78. The summed E-state index contributed by atoms with van der Waals surface area (Å²) in [4.78, 5) is 0. The van der Waals surface area contributed by atoms with Gasteiger partial charge in [0.1, 0.15) is 0 Å². The van der Waals surface area contributed by atoms with Crippen LogP contribution in [0.2, 0.25) is 0 Å². The molecule has 3 atom stereocenters. The fraction of sp³-hybridized carbons (Fsp3) is 1.00. The molecular formula is C9H17N. The van der Waals surface area contributed by atoms with Crippen molar-refractivity contribution in [2.24, 2.45) is 17.6 Å². The zero-order chi connectivity index (χ0) is 6.97. The van der Waals surface area contributed by atoms with E-state index in [0.717, 1.165) is 11.8 Å². The van der Waals surface area contributed by atoms with Gasteiger partial charge >= 0.3 is 0 Å². The lowest BCUT2D eigenvalue weighted by atomic mass is 9.80. The van der Waals surface area contributed by atoms with E-state index >= 15 is 0 Å². The summed E-state index contributed by atoms with van der Waals surface area (Å²) in [5.41, 5.74) is 5.99. The van der Waals surface area contributed by atoms with Crippen LogP contribution in [0.15, 0.2) is 0 Å². The normalized spacial score (nSPS) is 47.1. The van der Waals surface area contributed by atoms with Crippen molar-refractivity contribution in [2.75, 3.05) is 0 Å². The molecule has 58 valence electrons. The third-order valence-electron chi connectivity index (χ3n) is 3.39. The molecule has 0 radical (unpaired) electrons. The molecule has 0 bridgehead atoms. The Hall–Kier alpha value is -0.0400. The smallest absolute Gasteiger partial charge is 0.00699 e. The van der Waals surface area contributed by atoms with Crippen molar-refractivity contribution in [2.45, 2.75) is 44.6 Å². The number of hydrogen-bond acceptors (Lipinski definition) is 1. The summed E-state index contributed by atoms with van der Waals surface area (Å²) in [6, 6.07) is 0.560. The third kappa shape index (κ3) is 0.968. The second-order valence-electron chi connectivity index (χ2n) is 3.95. The SMILES string of the molecule is N[C@@H]1CC[C@H]2CCCC[C@H]21. The molecule has 2 rings (SSSR count). The summed E-state index contributed by atoms with van der Waals surface area (Å²) >= 11 is 0. The van der Waals surface area contributed by atoms with E-state index in [1.807, 2.05) is 0 Å². The lowest BCUT2D eigenvalue weighted by Crippen LogP contribution is -2.29. The van der Waals surface area contributed by atoms with Crippen molar-refractivity contribution < 1.29 is 0 Å². The minimum atomic E-state index is 0.560. The second-order valence-corrected chi connectivity index (χ2v) is 3.95. The number of hydrogen-bond donors (Lipinski definition) is 1. The lowest BCUT2D eigenvalue weighted by Gasteiger charge is -2.27. The highest BCUT2D eigenvalue weighted by molar-refractivity contribution is 4.89. The minimum absolute atomic E-state index is 0.560. The van der Waals surface area contributed by atoms with E-state index in [-0.39, 0.29) is 0 Å². The molecule has 0 aromatic carbocycles. The maximum absolute atomic E-state index is 5.99. The molecule has 2 saturated carbocycles. The second kappa shape index (κ2) is 2.54. The van der Waals surface area contributed by atoms with Gasteiger partial charge in [0, 0.05) is 6.04 Å². The minimum Gasteiger partial charge on any atom is -0.327 e. The molecule has 1 heteroatoms. The van der Waals surface area contributed by atoms with E-state index in [1.54, 1.807) is 0 Å².